The summed E-state index contributed by atoms with van der Waals surface area (Å²) in [5, 5.41) is 3.21. The predicted molar refractivity (Wildman–Crippen MR) is 80.3 cm³/mol. The van der Waals surface area contributed by atoms with Crippen molar-refractivity contribution in [3.63, 3.8) is 0 Å². The Hall–Kier alpha value is -1.22. The van der Waals surface area contributed by atoms with Gasteiger partial charge in [0.15, 0.2) is 11.5 Å². The number of hydrogen-bond donors (Lipinski definition) is 1. The molecule has 0 aliphatic rings. The molecule has 0 spiro atoms. The summed E-state index contributed by atoms with van der Waals surface area (Å²) in [6.45, 7) is 10.8. The van der Waals surface area contributed by atoms with E-state index in [1.54, 1.807) is 0 Å². The van der Waals surface area contributed by atoms with Gasteiger partial charge in [0.25, 0.3) is 0 Å². The van der Waals surface area contributed by atoms with E-state index in [1.807, 2.05) is 27.0 Å². The van der Waals surface area contributed by atoms with Gasteiger partial charge >= 0.3 is 0 Å². The molecular weight excluding hydrogens is 238 g/mol. The van der Waals surface area contributed by atoms with E-state index in [4.69, 9.17) is 9.47 Å². The van der Waals surface area contributed by atoms with E-state index in [9.17, 15) is 0 Å². The Balaban J connectivity index is 2.99. The molecule has 0 aromatic heterocycles. The fourth-order valence-electron chi connectivity index (χ4n) is 2.05. The molecule has 0 amide bonds. The molecule has 0 aliphatic carbocycles. The zero-order chi connectivity index (χ0) is 14.3. The van der Waals surface area contributed by atoms with Gasteiger partial charge in [-0.3, -0.25) is 0 Å². The van der Waals surface area contributed by atoms with Crippen molar-refractivity contribution in [1.29, 1.82) is 0 Å². The van der Waals surface area contributed by atoms with Crippen LogP contribution in [0.15, 0.2) is 18.2 Å². The van der Waals surface area contributed by atoms with E-state index in [0.717, 1.165) is 24.5 Å². The lowest BCUT2D eigenvalue weighted by atomic mass is 9.81. The van der Waals surface area contributed by atoms with E-state index in [1.165, 1.54) is 5.56 Å². The number of hydrogen-bond acceptors (Lipinski definition) is 3. The highest BCUT2D eigenvalue weighted by atomic mass is 16.5. The van der Waals surface area contributed by atoms with Crippen LogP contribution in [0.4, 0.5) is 0 Å². The summed E-state index contributed by atoms with van der Waals surface area (Å²) < 4.78 is 11.3. The molecule has 0 saturated heterocycles. The molecule has 19 heavy (non-hydrogen) atoms. The van der Waals surface area contributed by atoms with Crippen LogP contribution < -0.4 is 14.8 Å². The van der Waals surface area contributed by atoms with Gasteiger partial charge in [-0.25, -0.2) is 0 Å². The van der Waals surface area contributed by atoms with Gasteiger partial charge in [0.2, 0.25) is 0 Å². The quantitative estimate of drug-likeness (QED) is 0.781. The van der Waals surface area contributed by atoms with Crippen LogP contribution in [0.2, 0.25) is 0 Å². The van der Waals surface area contributed by atoms with Crippen molar-refractivity contribution in [2.75, 3.05) is 26.8 Å². The van der Waals surface area contributed by atoms with E-state index in [2.05, 4.69) is 31.3 Å². The first-order chi connectivity index (χ1) is 9.05. The third-order valence-corrected chi connectivity index (χ3v) is 3.32. The summed E-state index contributed by atoms with van der Waals surface area (Å²) in [6.07, 6.45) is 1.09. The molecule has 108 valence electrons. The van der Waals surface area contributed by atoms with Crippen molar-refractivity contribution in [2.45, 2.75) is 39.5 Å². The van der Waals surface area contributed by atoms with Gasteiger partial charge in [-0.05, 0) is 57.0 Å². The van der Waals surface area contributed by atoms with Crippen molar-refractivity contribution >= 4 is 0 Å². The van der Waals surface area contributed by atoms with Gasteiger partial charge in [0, 0.05) is 0 Å². The highest BCUT2D eigenvalue weighted by Crippen LogP contribution is 2.35. The van der Waals surface area contributed by atoms with E-state index >= 15 is 0 Å². The standard InChI is InChI=1S/C16H27NO2/c1-6-18-14-9-8-13(12-15(14)19-7-2)16(3,4)10-11-17-5/h8-9,12,17H,6-7,10-11H2,1-5H3. The van der Waals surface area contributed by atoms with E-state index in [0.29, 0.717) is 13.2 Å². The minimum atomic E-state index is 0.125. The monoisotopic (exact) mass is 265 g/mol. The average molecular weight is 265 g/mol. The fraction of sp³-hybridized carbons (Fsp3) is 0.625. The topological polar surface area (TPSA) is 30.5 Å². The van der Waals surface area contributed by atoms with Crippen LogP contribution in [0.5, 0.6) is 11.5 Å². The molecule has 1 aromatic carbocycles. The Morgan fingerprint density at radius 3 is 2.26 bits per heavy atom. The molecule has 0 aliphatic heterocycles. The maximum atomic E-state index is 5.69. The van der Waals surface area contributed by atoms with Gasteiger partial charge in [-0.2, -0.15) is 0 Å². The van der Waals surface area contributed by atoms with Gasteiger partial charge in [0.1, 0.15) is 0 Å². The van der Waals surface area contributed by atoms with Crippen molar-refractivity contribution in [2.24, 2.45) is 0 Å². The Kier molecular flexibility index (Phi) is 6.16. The number of rotatable bonds is 8. The molecular formula is C16H27NO2. The minimum Gasteiger partial charge on any atom is -0.490 e. The van der Waals surface area contributed by atoms with E-state index in [-0.39, 0.29) is 5.41 Å². The van der Waals surface area contributed by atoms with Crippen molar-refractivity contribution in [3.8, 4) is 11.5 Å². The third-order valence-electron chi connectivity index (χ3n) is 3.32. The smallest absolute Gasteiger partial charge is 0.161 e. The predicted octanol–water partition coefficient (Wildman–Crippen LogP) is 3.37. The number of nitrogens with one attached hydrogen (secondary N) is 1. The molecule has 0 bridgehead atoms. The lowest BCUT2D eigenvalue weighted by Gasteiger charge is -2.26. The normalized spacial score (nSPS) is 11.4. The van der Waals surface area contributed by atoms with Gasteiger partial charge in [-0.15, -0.1) is 0 Å². The zero-order valence-corrected chi connectivity index (χ0v) is 12.9. The second kappa shape index (κ2) is 7.39. The summed E-state index contributed by atoms with van der Waals surface area (Å²) >= 11 is 0. The Morgan fingerprint density at radius 2 is 1.68 bits per heavy atom. The largest absolute Gasteiger partial charge is 0.490 e. The van der Waals surface area contributed by atoms with Gasteiger partial charge in [0.05, 0.1) is 13.2 Å². The van der Waals surface area contributed by atoms with Crippen LogP contribution in [-0.4, -0.2) is 26.8 Å². The van der Waals surface area contributed by atoms with Crippen molar-refractivity contribution in [1.82, 2.24) is 5.32 Å². The second-order valence-corrected chi connectivity index (χ2v) is 5.26. The molecule has 0 fully saturated rings. The molecule has 3 nitrogen and oxygen atoms in total. The molecule has 0 unspecified atom stereocenters. The molecule has 1 rings (SSSR count). The summed E-state index contributed by atoms with van der Waals surface area (Å²) in [7, 11) is 1.99. The van der Waals surface area contributed by atoms with Crippen LogP contribution in [0.1, 0.15) is 39.7 Å². The summed E-state index contributed by atoms with van der Waals surface area (Å²) in [5.74, 6) is 1.68. The first kappa shape index (κ1) is 15.8. The lowest BCUT2D eigenvalue weighted by Crippen LogP contribution is -2.23. The van der Waals surface area contributed by atoms with Crippen LogP contribution in [-0.2, 0) is 5.41 Å². The molecule has 1 aromatic rings. The highest BCUT2D eigenvalue weighted by molar-refractivity contribution is 5.45. The summed E-state index contributed by atoms with van der Waals surface area (Å²) in [5.41, 5.74) is 1.41. The molecule has 0 radical (unpaired) electrons. The molecule has 1 N–H and O–H groups in total. The Bertz CT molecular complexity index is 388. The SMILES string of the molecule is CCOc1ccc(C(C)(C)CCNC)cc1OCC. The fourth-order valence-corrected chi connectivity index (χ4v) is 2.05. The van der Waals surface area contributed by atoms with Crippen LogP contribution in [0, 0.1) is 0 Å². The van der Waals surface area contributed by atoms with Gasteiger partial charge in [-0.1, -0.05) is 19.9 Å². The van der Waals surface area contributed by atoms with Crippen LogP contribution in [0.3, 0.4) is 0 Å². The Morgan fingerprint density at radius 1 is 1.05 bits per heavy atom. The number of ether oxygens (including phenoxy) is 2. The molecule has 0 heterocycles. The first-order valence-corrected chi connectivity index (χ1v) is 7.09. The molecule has 0 saturated carbocycles. The molecule has 0 atom stereocenters. The molecule has 3 heteroatoms. The van der Waals surface area contributed by atoms with Gasteiger partial charge < -0.3 is 14.8 Å². The summed E-state index contributed by atoms with van der Waals surface area (Å²) in [4.78, 5) is 0. The second-order valence-electron chi connectivity index (χ2n) is 5.26. The van der Waals surface area contributed by atoms with Crippen molar-refractivity contribution < 1.29 is 9.47 Å². The number of benzene rings is 1. The summed E-state index contributed by atoms with van der Waals surface area (Å²) in [6, 6.07) is 6.28. The van der Waals surface area contributed by atoms with Crippen LogP contribution >= 0.6 is 0 Å². The van der Waals surface area contributed by atoms with Crippen molar-refractivity contribution in [3.05, 3.63) is 23.8 Å². The maximum absolute atomic E-state index is 5.69. The highest BCUT2D eigenvalue weighted by Gasteiger charge is 2.21. The lowest BCUT2D eigenvalue weighted by molar-refractivity contribution is 0.286. The third kappa shape index (κ3) is 4.43. The first-order valence-electron chi connectivity index (χ1n) is 7.09. The zero-order valence-electron chi connectivity index (χ0n) is 12.9. The minimum absolute atomic E-state index is 0.125. The Labute approximate surface area is 117 Å². The maximum Gasteiger partial charge on any atom is 0.161 e. The van der Waals surface area contributed by atoms with Crippen LogP contribution in [0.25, 0.3) is 0 Å². The average Bonchev–Trinajstić information content (AvgIpc) is 2.39. The van der Waals surface area contributed by atoms with E-state index < -0.39 is 0 Å².